The van der Waals surface area contributed by atoms with Crippen molar-refractivity contribution in [3.05, 3.63) is 29.8 Å². The van der Waals surface area contributed by atoms with E-state index in [-0.39, 0.29) is 12.0 Å². The number of methoxy groups -OCH3 is 1. The zero-order chi connectivity index (χ0) is 12.1. The minimum Gasteiger partial charge on any atom is -0.389 e. The van der Waals surface area contributed by atoms with E-state index in [1.165, 1.54) is 0 Å². The molecule has 0 bridgehead atoms. The molecule has 1 aromatic heterocycles. The van der Waals surface area contributed by atoms with E-state index in [2.05, 4.69) is 15.5 Å². The van der Waals surface area contributed by atoms with Gasteiger partial charge in [-0.15, -0.1) is 0 Å². The van der Waals surface area contributed by atoms with Crippen LogP contribution < -0.4 is 11.1 Å². The number of aromatic nitrogens is 2. The highest BCUT2D eigenvalue weighted by Gasteiger charge is 2.06. The van der Waals surface area contributed by atoms with Crippen LogP contribution in [0.15, 0.2) is 28.7 Å². The van der Waals surface area contributed by atoms with Crippen molar-refractivity contribution in [2.75, 3.05) is 24.8 Å². The van der Waals surface area contributed by atoms with Gasteiger partial charge in [0.25, 0.3) is 0 Å². The molecule has 3 N–H and O–H groups in total. The maximum atomic E-state index is 5.35. The second-order valence-electron chi connectivity index (χ2n) is 3.47. The van der Waals surface area contributed by atoms with Crippen LogP contribution in [0.25, 0.3) is 0 Å². The van der Waals surface area contributed by atoms with E-state index in [9.17, 15) is 0 Å². The van der Waals surface area contributed by atoms with Crippen molar-refractivity contribution in [3.63, 3.8) is 0 Å². The number of nitrogens with one attached hydrogen (secondary N) is 1. The predicted molar refractivity (Wildman–Crippen MR) is 64.0 cm³/mol. The maximum absolute atomic E-state index is 5.35. The molecule has 0 spiro atoms. The van der Waals surface area contributed by atoms with Crippen LogP contribution in [0.5, 0.6) is 0 Å². The van der Waals surface area contributed by atoms with Crippen molar-refractivity contribution in [1.82, 2.24) is 10.2 Å². The highest BCUT2D eigenvalue weighted by molar-refractivity contribution is 5.57. The number of hydrogen-bond donors (Lipinski definition) is 2. The van der Waals surface area contributed by atoms with Gasteiger partial charge in [0.05, 0.1) is 6.61 Å². The first-order valence-corrected chi connectivity index (χ1v) is 5.22. The number of anilines is 3. The van der Waals surface area contributed by atoms with Gasteiger partial charge in [0.15, 0.2) is 0 Å². The van der Waals surface area contributed by atoms with Crippen LogP contribution >= 0.6 is 0 Å². The van der Waals surface area contributed by atoms with Crippen LogP contribution in [-0.4, -0.2) is 23.9 Å². The zero-order valence-corrected chi connectivity index (χ0v) is 9.51. The average molecular weight is 234 g/mol. The molecule has 2 rings (SSSR count). The first-order valence-electron chi connectivity index (χ1n) is 5.22. The molecule has 0 atom stereocenters. The molecule has 6 heteroatoms. The van der Waals surface area contributed by atoms with Gasteiger partial charge in [-0.05, 0) is 18.1 Å². The summed E-state index contributed by atoms with van der Waals surface area (Å²) < 4.78 is 10.1. The first-order chi connectivity index (χ1) is 8.29. The number of rotatable bonds is 5. The fraction of sp³-hybridized carbons (Fsp3) is 0.273. The lowest BCUT2D eigenvalue weighted by atomic mass is 10.1. The number of nitrogens with two attached hydrogens (primary N) is 1. The standard InChI is InChI=1S/C11H14N4O2/c1-16-7-6-8-4-2-3-5-9(8)13-11-15-14-10(12)17-11/h2-5H,6-7H2,1H3,(H2,12,14)(H,13,15). The number of hydrogen-bond acceptors (Lipinski definition) is 6. The normalized spacial score (nSPS) is 10.4. The Bertz CT molecular complexity index is 484. The van der Waals surface area contributed by atoms with E-state index < -0.39 is 0 Å². The highest BCUT2D eigenvalue weighted by atomic mass is 16.5. The molecule has 0 saturated heterocycles. The van der Waals surface area contributed by atoms with Crippen molar-refractivity contribution in [1.29, 1.82) is 0 Å². The molecule has 90 valence electrons. The van der Waals surface area contributed by atoms with Gasteiger partial charge in [-0.3, -0.25) is 0 Å². The monoisotopic (exact) mass is 234 g/mol. The van der Waals surface area contributed by atoms with Crippen molar-refractivity contribution >= 4 is 17.7 Å². The van der Waals surface area contributed by atoms with Crippen LogP contribution in [0, 0.1) is 0 Å². The van der Waals surface area contributed by atoms with Gasteiger partial charge in [-0.25, -0.2) is 0 Å². The fourth-order valence-electron chi connectivity index (χ4n) is 1.47. The number of para-hydroxylation sites is 1. The molecule has 1 aromatic carbocycles. The van der Waals surface area contributed by atoms with E-state index >= 15 is 0 Å². The maximum Gasteiger partial charge on any atom is 0.321 e. The summed E-state index contributed by atoms with van der Waals surface area (Å²) in [5.74, 6) is 0. The fourth-order valence-corrected chi connectivity index (χ4v) is 1.47. The van der Waals surface area contributed by atoms with E-state index in [1.807, 2.05) is 24.3 Å². The number of nitrogens with zero attached hydrogens (tertiary/aromatic N) is 2. The number of benzene rings is 1. The summed E-state index contributed by atoms with van der Waals surface area (Å²) in [5, 5.41) is 10.4. The Balaban J connectivity index is 2.14. The topological polar surface area (TPSA) is 86.2 Å². The molecule has 0 radical (unpaired) electrons. The summed E-state index contributed by atoms with van der Waals surface area (Å²) in [6, 6.07) is 8.18. The molecule has 0 unspecified atom stereocenters. The Hall–Kier alpha value is -2.08. The molecule has 0 aliphatic carbocycles. The van der Waals surface area contributed by atoms with Crippen molar-refractivity contribution < 1.29 is 9.15 Å². The highest BCUT2D eigenvalue weighted by Crippen LogP contribution is 2.20. The van der Waals surface area contributed by atoms with E-state index in [0.717, 1.165) is 17.7 Å². The Morgan fingerprint density at radius 1 is 1.35 bits per heavy atom. The molecule has 1 heterocycles. The molecule has 0 aliphatic rings. The van der Waals surface area contributed by atoms with Gasteiger partial charge in [0, 0.05) is 12.8 Å². The van der Waals surface area contributed by atoms with Crippen molar-refractivity contribution in [3.8, 4) is 0 Å². The van der Waals surface area contributed by atoms with Crippen LogP contribution in [0.2, 0.25) is 0 Å². The van der Waals surface area contributed by atoms with Gasteiger partial charge < -0.3 is 20.2 Å². The molecule has 0 fully saturated rings. The summed E-state index contributed by atoms with van der Waals surface area (Å²) in [6.45, 7) is 0.657. The van der Waals surface area contributed by atoms with Gasteiger partial charge in [0.1, 0.15) is 0 Å². The van der Waals surface area contributed by atoms with Gasteiger partial charge in [-0.2, -0.15) is 0 Å². The summed E-state index contributed by atoms with van der Waals surface area (Å²) in [4.78, 5) is 0. The van der Waals surface area contributed by atoms with Crippen LogP contribution in [-0.2, 0) is 11.2 Å². The van der Waals surface area contributed by atoms with Gasteiger partial charge in [0.2, 0.25) is 0 Å². The van der Waals surface area contributed by atoms with Crippen LogP contribution in [0.1, 0.15) is 5.56 Å². The molecule has 2 aromatic rings. The van der Waals surface area contributed by atoms with Crippen molar-refractivity contribution in [2.24, 2.45) is 0 Å². The Morgan fingerprint density at radius 3 is 2.88 bits per heavy atom. The first kappa shape index (κ1) is 11.4. The van der Waals surface area contributed by atoms with Gasteiger partial charge in [-0.1, -0.05) is 28.4 Å². The third-order valence-electron chi connectivity index (χ3n) is 2.28. The number of ether oxygens (including phenoxy) is 1. The Morgan fingerprint density at radius 2 is 2.18 bits per heavy atom. The Kier molecular flexibility index (Phi) is 3.56. The third-order valence-corrected chi connectivity index (χ3v) is 2.28. The van der Waals surface area contributed by atoms with E-state index in [1.54, 1.807) is 7.11 Å². The number of nitrogen functional groups attached to an aromatic ring is 1. The second-order valence-corrected chi connectivity index (χ2v) is 3.47. The largest absolute Gasteiger partial charge is 0.389 e. The molecular formula is C11H14N4O2. The molecule has 17 heavy (non-hydrogen) atoms. The lowest BCUT2D eigenvalue weighted by Gasteiger charge is -2.08. The summed E-state index contributed by atoms with van der Waals surface area (Å²) >= 11 is 0. The SMILES string of the molecule is COCCc1ccccc1Nc1nnc(N)o1. The summed E-state index contributed by atoms with van der Waals surface area (Å²) in [6.07, 6.45) is 0.809. The van der Waals surface area contributed by atoms with Crippen LogP contribution in [0.4, 0.5) is 17.7 Å². The van der Waals surface area contributed by atoms with Crippen LogP contribution in [0.3, 0.4) is 0 Å². The molecular weight excluding hydrogens is 220 g/mol. The molecule has 6 nitrogen and oxygen atoms in total. The quantitative estimate of drug-likeness (QED) is 0.816. The minimum atomic E-state index is 0.0434. The molecule has 0 aliphatic heterocycles. The van der Waals surface area contributed by atoms with E-state index in [4.69, 9.17) is 14.9 Å². The summed E-state index contributed by atoms with van der Waals surface area (Å²) in [7, 11) is 1.68. The second kappa shape index (κ2) is 5.31. The summed E-state index contributed by atoms with van der Waals surface area (Å²) in [5.41, 5.74) is 7.38. The lowest BCUT2D eigenvalue weighted by Crippen LogP contribution is -2.00. The minimum absolute atomic E-state index is 0.0434. The van der Waals surface area contributed by atoms with Gasteiger partial charge >= 0.3 is 12.0 Å². The molecule has 0 amide bonds. The predicted octanol–water partition coefficient (Wildman–Crippen LogP) is 1.58. The lowest BCUT2D eigenvalue weighted by molar-refractivity contribution is 0.202. The average Bonchev–Trinajstić information content (AvgIpc) is 2.74. The third kappa shape index (κ3) is 2.94. The Labute approximate surface area is 98.8 Å². The van der Waals surface area contributed by atoms with E-state index in [0.29, 0.717) is 6.61 Å². The van der Waals surface area contributed by atoms with Crippen molar-refractivity contribution in [2.45, 2.75) is 6.42 Å². The zero-order valence-electron chi connectivity index (χ0n) is 9.51. The molecule has 0 saturated carbocycles. The smallest absolute Gasteiger partial charge is 0.321 e.